The van der Waals surface area contributed by atoms with Gasteiger partial charge in [0.15, 0.2) is 11.5 Å². The Morgan fingerprint density at radius 3 is 2.87 bits per heavy atom. The molecule has 0 aliphatic carbocycles. The average Bonchev–Trinajstić information content (AvgIpc) is 2.56. The second-order valence-corrected chi connectivity index (χ2v) is 2.67. The minimum Gasteiger partial charge on any atom is -0.466 e. The van der Waals surface area contributed by atoms with Crippen molar-refractivity contribution in [2.45, 2.75) is 6.92 Å². The molecule has 1 rings (SSSR count). The Morgan fingerprint density at radius 2 is 2.33 bits per heavy atom. The number of imidazole rings is 1. The first kappa shape index (κ1) is 10.9. The number of methoxy groups -OCH3 is 1. The van der Waals surface area contributed by atoms with Gasteiger partial charge in [-0.1, -0.05) is 0 Å². The molecule has 0 spiro atoms. The predicted octanol–water partition coefficient (Wildman–Crippen LogP) is 0.813. The molecule has 0 unspecified atom stereocenters. The van der Waals surface area contributed by atoms with Crippen LogP contribution in [0.5, 0.6) is 0 Å². The summed E-state index contributed by atoms with van der Waals surface area (Å²) >= 11 is 0. The maximum Gasteiger partial charge on any atom is 0.348 e. The molecule has 1 heterocycles. The van der Waals surface area contributed by atoms with Crippen LogP contribution in [0.4, 0.5) is 5.82 Å². The summed E-state index contributed by atoms with van der Waals surface area (Å²) in [4.78, 5) is 27.0. The van der Waals surface area contributed by atoms with Crippen LogP contribution < -0.4 is 0 Å². The Labute approximate surface area is 84.9 Å². The van der Waals surface area contributed by atoms with E-state index in [0.717, 1.165) is 6.08 Å². The number of ether oxygens (including phenoxy) is 1. The fourth-order valence-corrected chi connectivity index (χ4v) is 0.967. The minimum absolute atomic E-state index is 0.0999. The number of H-pyrrole nitrogens is 1. The molecule has 0 saturated heterocycles. The van der Waals surface area contributed by atoms with E-state index < -0.39 is 10.9 Å². The molecule has 15 heavy (non-hydrogen) atoms. The van der Waals surface area contributed by atoms with E-state index in [9.17, 15) is 14.9 Å². The number of rotatable bonds is 3. The van der Waals surface area contributed by atoms with Crippen molar-refractivity contribution in [3.63, 3.8) is 0 Å². The van der Waals surface area contributed by atoms with Crippen LogP contribution in [0, 0.1) is 17.0 Å². The lowest BCUT2D eigenvalue weighted by Crippen LogP contribution is -1.94. The monoisotopic (exact) mass is 211 g/mol. The van der Waals surface area contributed by atoms with Gasteiger partial charge in [0, 0.05) is 13.0 Å². The van der Waals surface area contributed by atoms with Crippen molar-refractivity contribution in [2.75, 3.05) is 7.11 Å². The molecule has 0 aliphatic rings. The van der Waals surface area contributed by atoms with Gasteiger partial charge in [-0.25, -0.2) is 14.8 Å². The Morgan fingerprint density at radius 1 is 1.67 bits per heavy atom. The van der Waals surface area contributed by atoms with Gasteiger partial charge in [-0.2, -0.15) is 0 Å². The maximum absolute atomic E-state index is 10.8. The number of hydrogen-bond acceptors (Lipinski definition) is 5. The number of nitrogens with one attached hydrogen (secondary N) is 1. The third-order valence-electron chi connectivity index (χ3n) is 1.59. The van der Waals surface area contributed by atoms with Gasteiger partial charge in [0.2, 0.25) is 0 Å². The van der Waals surface area contributed by atoms with Crippen molar-refractivity contribution in [1.29, 1.82) is 0 Å². The first-order valence-electron chi connectivity index (χ1n) is 4.01. The van der Waals surface area contributed by atoms with E-state index in [1.807, 2.05) is 0 Å². The highest BCUT2D eigenvalue weighted by Crippen LogP contribution is 2.16. The molecule has 1 aromatic rings. The van der Waals surface area contributed by atoms with Crippen LogP contribution in [0.1, 0.15) is 11.5 Å². The Bertz CT molecular complexity index is 422. The molecule has 7 nitrogen and oxygen atoms in total. The van der Waals surface area contributed by atoms with Crippen molar-refractivity contribution < 1.29 is 14.5 Å². The van der Waals surface area contributed by atoms with Gasteiger partial charge in [0.05, 0.1) is 7.11 Å². The number of hydrogen-bond donors (Lipinski definition) is 1. The zero-order valence-corrected chi connectivity index (χ0v) is 8.18. The second kappa shape index (κ2) is 4.36. The lowest BCUT2D eigenvalue weighted by molar-refractivity contribution is -0.389. The summed E-state index contributed by atoms with van der Waals surface area (Å²) in [7, 11) is 1.22. The fourth-order valence-electron chi connectivity index (χ4n) is 0.967. The third-order valence-corrected chi connectivity index (χ3v) is 1.59. The van der Waals surface area contributed by atoms with Crippen LogP contribution in [-0.4, -0.2) is 28.0 Å². The first-order chi connectivity index (χ1) is 7.04. The Balaban J connectivity index is 2.98. The van der Waals surface area contributed by atoms with Gasteiger partial charge in [-0.15, -0.1) is 0 Å². The first-order valence-corrected chi connectivity index (χ1v) is 4.01. The lowest BCUT2D eigenvalue weighted by atomic mass is 10.4. The Hall–Kier alpha value is -2.18. The molecule has 0 amide bonds. The SMILES string of the molecule is COC(=O)C=Cc1nc(C)[nH]c1[N+](=O)[O-]. The van der Waals surface area contributed by atoms with Gasteiger partial charge in [0.1, 0.15) is 0 Å². The summed E-state index contributed by atoms with van der Waals surface area (Å²) in [5, 5.41) is 10.5. The lowest BCUT2D eigenvalue weighted by Gasteiger charge is -1.91. The van der Waals surface area contributed by atoms with E-state index in [4.69, 9.17) is 0 Å². The summed E-state index contributed by atoms with van der Waals surface area (Å²) in [6, 6.07) is 0. The number of carbonyl (C=O) groups is 1. The van der Waals surface area contributed by atoms with Crippen LogP contribution in [0.15, 0.2) is 6.08 Å². The highest BCUT2D eigenvalue weighted by molar-refractivity contribution is 5.87. The molecule has 0 fully saturated rings. The van der Waals surface area contributed by atoms with Crippen molar-refractivity contribution in [3.05, 3.63) is 27.7 Å². The zero-order valence-electron chi connectivity index (χ0n) is 8.18. The molecule has 1 N–H and O–H groups in total. The zero-order chi connectivity index (χ0) is 11.4. The molecule has 0 bridgehead atoms. The number of esters is 1. The molecule has 0 aromatic carbocycles. The third kappa shape index (κ3) is 2.63. The Kier molecular flexibility index (Phi) is 3.17. The number of aryl methyl sites for hydroxylation is 1. The summed E-state index contributed by atoms with van der Waals surface area (Å²) in [5.74, 6) is -0.427. The van der Waals surface area contributed by atoms with E-state index in [0.29, 0.717) is 5.82 Å². The predicted molar refractivity (Wildman–Crippen MR) is 51.0 cm³/mol. The van der Waals surface area contributed by atoms with Gasteiger partial charge in [0.25, 0.3) is 0 Å². The van der Waals surface area contributed by atoms with E-state index in [2.05, 4.69) is 14.7 Å². The van der Waals surface area contributed by atoms with Crippen LogP contribution >= 0.6 is 0 Å². The summed E-state index contributed by atoms with van der Waals surface area (Å²) in [6.07, 6.45) is 2.30. The summed E-state index contributed by atoms with van der Waals surface area (Å²) < 4.78 is 4.35. The van der Waals surface area contributed by atoms with E-state index in [-0.39, 0.29) is 11.5 Å². The van der Waals surface area contributed by atoms with Gasteiger partial charge in [-0.3, -0.25) is 0 Å². The molecule has 0 radical (unpaired) electrons. The second-order valence-electron chi connectivity index (χ2n) is 2.67. The smallest absolute Gasteiger partial charge is 0.348 e. The molecular weight excluding hydrogens is 202 g/mol. The largest absolute Gasteiger partial charge is 0.466 e. The van der Waals surface area contributed by atoms with Gasteiger partial charge >= 0.3 is 11.8 Å². The summed E-state index contributed by atoms with van der Waals surface area (Å²) in [6.45, 7) is 1.59. The molecule has 80 valence electrons. The van der Waals surface area contributed by atoms with E-state index in [1.165, 1.54) is 13.2 Å². The number of aromatic amines is 1. The average molecular weight is 211 g/mol. The van der Waals surface area contributed by atoms with Crippen LogP contribution in [0.2, 0.25) is 0 Å². The molecular formula is C8H9N3O4. The van der Waals surface area contributed by atoms with Gasteiger partial charge in [-0.05, 0) is 11.0 Å². The van der Waals surface area contributed by atoms with Gasteiger partial charge < -0.3 is 14.9 Å². The van der Waals surface area contributed by atoms with E-state index in [1.54, 1.807) is 6.92 Å². The quantitative estimate of drug-likeness (QED) is 0.345. The van der Waals surface area contributed by atoms with Crippen molar-refractivity contribution in [2.24, 2.45) is 0 Å². The molecule has 0 aliphatic heterocycles. The summed E-state index contributed by atoms with van der Waals surface area (Å²) in [5.41, 5.74) is 0.0999. The van der Waals surface area contributed by atoms with Crippen molar-refractivity contribution >= 4 is 17.9 Å². The number of carbonyl (C=O) groups excluding carboxylic acids is 1. The topological polar surface area (TPSA) is 98.1 Å². The van der Waals surface area contributed by atoms with E-state index >= 15 is 0 Å². The molecule has 0 saturated carbocycles. The minimum atomic E-state index is -0.600. The standard InChI is InChI=1S/C8H9N3O4/c1-5-9-6(3-4-7(12)15-2)8(10-5)11(13)14/h3-4H,1-2H3,(H,9,10). The normalized spacial score (nSPS) is 10.5. The van der Waals surface area contributed by atoms with Crippen LogP contribution in [-0.2, 0) is 9.53 Å². The van der Waals surface area contributed by atoms with Crippen molar-refractivity contribution in [3.8, 4) is 0 Å². The number of nitro groups is 1. The highest BCUT2D eigenvalue weighted by Gasteiger charge is 2.15. The van der Waals surface area contributed by atoms with Crippen LogP contribution in [0.3, 0.4) is 0 Å². The highest BCUT2D eigenvalue weighted by atomic mass is 16.6. The fraction of sp³-hybridized carbons (Fsp3) is 0.250. The van der Waals surface area contributed by atoms with Crippen LogP contribution in [0.25, 0.3) is 6.08 Å². The number of nitrogens with zero attached hydrogens (tertiary/aromatic N) is 2. The molecule has 7 heteroatoms. The molecule has 0 atom stereocenters. The van der Waals surface area contributed by atoms with Crippen molar-refractivity contribution in [1.82, 2.24) is 9.97 Å². The molecule has 1 aromatic heterocycles. The maximum atomic E-state index is 10.8. The number of aromatic nitrogens is 2.